The van der Waals surface area contributed by atoms with Crippen molar-refractivity contribution >= 4 is 0 Å². The lowest BCUT2D eigenvalue weighted by Gasteiger charge is -2.30. The number of ether oxygens (including phenoxy) is 1. The van der Waals surface area contributed by atoms with Gasteiger partial charge >= 0.3 is 0 Å². The van der Waals surface area contributed by atoms with E-state index in [0.717, 1.165) is 25.7 Å². The van der Waals surface area contributed by atoms with Crippen LogP contribution < -0.4 is 0 Å². The van der Waals surface area contributed by atoms with Gasteiger partial charge in [-0.25, -0.2) is 0 Å². The van der Waals surface area contributed by atoms with Crippen LogP contribution in [0.15, 0.2) is 60.7 Å². The summed E-state index contributed by atoms with van der Waals surface area (Å²) >= 11 is 0. The van der Waals surface area contributed by atoms with Crippen molar-refractivity contribution in [1.29, 1.82) is 0 Å². The molecule has 0 aliphatic carbocycles. The summed E-state index contributed by atoms with van der Waals surface area (Å²) in [5, 5.41) is 0. The summed E-state index contributed by atoms with van der Waals surface area (Å²) in [7, 11) is 0. The van der Waals surface area contributed by atoms with Crippen molar-refractivity contribution in [2.24, 2.45) is 0 Å². The Bertz CT molecular complexity index is 491. The summed E-state index contributed by atoms with van der Waals surface area (Å²) in [5.74, 6) is 0. The number of benzene rings is 2. The van der Waals surface area contributed by atoms with Crippen molar-refractivity contribution < 1.29 is 4.74 Å². The Morgan fingerprint density at radius 3 is 1.80 bits per heavy atom. The smallest absolute Gasteiger partial charge is 0.0767 e. The molecule has 1 nitrogen and oxygen atoms in total. The minimum atomic E-state index is -0.0882. The molecule has 1 heteroatoms. The van der Waals surface area contributed by atoms with Gasteiger partial charge in [0.15, 0.2) is 0 Å². The Hall–Kier alpha value is -1.60. The zero-order chi connectivity index (χ0) is 13.8. The van der Waals surface area contributed by atoms with Crippen molar-refractivity contribution in [2.75, 3.05) is 0 Å². The van der Waals surface area contributed by atoms with Gasteiger partial charge in [-0.3, -0.25) is 0 Å². The zero-order valence-electron chi connectivity index (χ0n) is 11.8. The Labute approximate surface area is 121 Å². The van der Waals surface area contributed by atoms with E-state index in [1.807, 2.05) is 0 Å². The third kappa shape index (κ3) is 3.10. The van der Waals surface area contributed by atoms with Crippen LogP contribution >= 0.6 is 0 Å². The largest absolute Gasteiger partial charge is 0.371 e. The van der Waals surface area contributed by atoms with Crippen molar-refractivity contribution in [3.05, 3.63) is 78.7 Å². The average molecular weight is 265 g/mol. The van der Waals surface area contributed by atoms with Crippen LogP contribution in [0.25, 0.3) is 0 Å². The van der Waals surface area contributed by atoms with E-state index in [0.29, 0.717) is 0 Å². The van der Waals surface area contributed by atoms with Crippen LogP contribution in [0.5, 0.6) is 0 Å². The maximum atomic E-state index is 6.25. The molecule has 1 unspecified atom stereocenters. The normalized spacial score (nSPS) is 20.9. The molecule has 1 atom stereocenters. The summed E-state index contributed by atoms with van der Waals surface area (Å²) in [4.78, 5) is 0. The second-order valence-electron chi connectivity index (χ2n) is 5.79. The quantitative estimate of drug-likeness (QED) is 0.804. The van der Waals surface area contributed by atoms with Crippen LogP contribution in [-0.2, 0) is 17.6 Å². The molecule has 1 radical (unpaired) electrons. The van der Waals surface area contributed by atoms with Crippen molar-refractivity contribution in [3.63, 3.8) is 0 Å². The van der Waals surface area contributed by atoms with Gasteiger partial charge in [-0.05, 0) is 30.9 Å². The van der Waals surface area contributed by atoms with E-state index in [1.54, 1.807) is 0 Å². The highest BCUT2D eigenvalue weighted by molar-refractivity contribution is 5.22. The van der Waals surface area contributed by atoms with Crippen LogP contribution in [0.3, 0.4) is 0 Å². The van der Waals surface area contributed by atoms with E-state index in [4.69, 9.17) is 4.74 Å². The maximum absolute atomic E-state index is 6.25. The van der Waals surface area contributed by atoms with Crippen LogP contribution in [0.2, 0.25) is 0 Å². The minimum Gasteiger partial charge on any atom is -0.371 e. The maximum Gasteiger partial charge on any atom is 0.0767 e. The summed E-state index contributed by atoms with van der Waals surface area (Å²) in [6.45, 7) is 4.09. The number of rotatable bonds is 4. The third-order valence-corrected chi connectivity index (χ3v) is 4.08. The predicted molar refractivity (Wildman–Crippen MR) is 82.5 cm³/mol. The van der Waals surface area contributed by atoms with Crippen LogP contribution in [0, 0.1) is 6.92 Å². The zero-order valence-corrected chi connectivity index (χ0v) is 11.8. The highest BCUT2D eigenvalue weighted by Gasteiger charge is 2.38. The molecule has 0 spiro atoms. The molecule has 1 aliphatic heterocycles. The molecule has 0 saturated carbocycles. The van der Waals surface area contributed by atoms with E-state index in [-0.39, 0.29) is 11.7 Å². The molecule has 0 bridgehead atoms. The average Bonchev–Trinajstić information content (AvgIpc) is 2.82. The first-order valence-electron chi connectivity index (χ1n) is 7.35. The topological polar surface area (TPSA) is 9.23 Å². The van der Waals surface area contributed by atoms with Crippen molar-refractivity contribution in [1.82, 2.24) is 0 Å². The van der Waals surface area contributed by atoms with Crippen LogP contribution in [-0.4, -0.2) is 11.7 Å². The summed E-state index contributed by atoms with van der Waals surface area (Å²) in [6, 6.07) is 21.3. The molecule has 2 aromatic rings. The highest BCUT2D eigenvalue weighted by Crippen LogP contribution is 2.36. The molecule has 1 fully saturated rings. The Kier molecular flexibility index (Phi) is 3.88. The van der Waals surface area contributed by atoms with E-state index in [9.17, 15) is 0 Å². The monoisotopic (exact) mass is 265 g/mol. The molecular formula is C19H21O. The molecule has 20 heavy (non-hydrogen) atoms. The molecule has 0 amide bonds. The van der Waals surface area contributed by atoms with Gasteiger partial charge in [-0.1, -0.05) is 60.7 Å². The van der Waals surface area contributed by atoms with Gasteiger partial charge in [0.05, 0.1) is 11.7 Å². The Morgan fingerprint density at radius 1 is 0.900 bits per heavy atom. The standard InChI is InChI=1S/C19H21O/c1-16-12-13-19(20-16,14-17-8-4-2-5-9-17)15-18-10-6-3-7-11-18/h2-11,16H,1,12-15H2. The fourth-order valence-corrected chi connectivity index (χ4v) is 3.15. The first-order chi connectivity index (χ1) is 9.76. The van der Waals surface area contributed by atoms with E-state index >= 15 is 0 Å². The fourth-order valence-electron chi connectivity index (χ4n) is 3.15. The lowest BCUT2D eigenvalue weighted by Crippen LogP contribution is -2.34. The Morgan fingerprint density at radius 2 is 1.40 bits per heavy atom. The second kappa shape index (κ2) is 5.80. The third-order valence-electron chi connectivity index (χ3n) is 4.08. The van der Waals surface area contributed by atoms with Gasteiger partial charge in [-0.2, -0.15) is 0 Å². The summed E-state index contributed by atoms with van der Waals surface area (Å²) in [6.07, 6.45) is 4.20. The second-order valence-corrected chi connectivity index (χ2v) is 5.79. The van der Waals surface area contributed by atoms with Crippen LogP contribution in [0.1, 0.15) is 24.0 Å². The molecule has 0 aromatic heterocycles. The van der Waals surface area contributed by atoms with Gasteiger partial charge < -0.3 is 4.74 Å². The molecule has 1 aliphatic rings. The van der Waals surface area contributed by atoms with Gasteiger partial charge in [-0.15, -0.1) is 0 Å². The minimum absolute atomic E-state index is 0.0882. The van der Waals surface area contributed by atoms with Gasteiger partial charge in [0, 0.05) is 12.8 Å². The number of hydrogen-bond donors (Lipinski definition) is 0. The van der Waals surface area contributed by atoms with Gasteiger partial charge in [0.25, 0.3) is 0 Å². The van der Waals surface area contributed by atoms with Gasteiger partial charge in [0.1, 0.15) is 0 Å². The molecule has 0 N–H and O–H groups in total. The lowest BCUT2D eigenvalue weighted by molar-refractivity contribution is -0.0238. The molecular weight excluding hydrogens is 244 g/mol. The Balaban J connectivity index is 1.82. The van der Waals surface area contributed by atoms with Crippen molar-refractivity contribution in [3.8, 4) is 0 Å². The van der Waals surface area contributed by atoms with E-state index in [1.165, 1.54) is 11.1 Å². The predicted octanol–water partition coefficient (Wildman–Crippen LogP) is 4.22. The first kappa shape index (κ1) is 13.4. The lowest BCUT2D eigenvalue weighted by atomic mass is 9.85. The van der Waals surface area contributed by atoms with E-state index < -0.39 is 0 Å². The number of hydrogen-bond acceptors (Lipinski definition) is 1. The fraction of sp³-hybridized carbons (Fsp3) is 0.316. The van der Waals surface area contributed by atoms with E-state index in [2.05, 4.69) is 67.6 Å². The molecule has 1 heterocycles. The summed E-state index contributed by atoms with van der Waals surface area (Å²) < 4.78 is 6.25. The molecule has 103 valence electrons. The first-order valence-corrected chi connectivity index (χ1v) is 7.35. The SMILES string of the molecule is [CH2]C1CCC(Cc2ccccc2)(Cc2ccccc2)O1. The van der Waals surface area contributed by atoms with Crippen molar-refractivity contribution in [2.45, 2.75) is 37.4 Å². The molecule has 2 aromatic carbocycles. The molecule has 3 rings (SSSR count). The van der Waals surface area contributed by atoms with Crippen LogP contribution in [0.4, 0.5) is 0 Å². The summed E-state index contributed by atoms with van der Waals surface area (Å²) in [5.41, 5.74) is 2.60. The molecule has 1 saturated heterocycles. The van der Waals surface area contributed by atoms with Gasteiger partial charge in [0.2, 0.25) is 0 Å². The highest BCUT2D eigenvalue weighted by atomic mass is 16.5.